The number of nitrogens with one attached hydrogen (secondary N) is 1. The van der Waals surface area contributed by atoms with Crippen molar-refractivity contribution in [2.75, 3.05) is 25.6 Å². The van der Waals surface area contributed by atoms with Gasteiger partial charge in [-0.2, -0.15) is 0 Å². The second kappa shape index (κ2) is 8.23. The number of anilines is 1. The van der Waals surface area contributed by atoms with Gasteiger partial charge in [-0.1, -0.05) is 17.7 Å². The summed E-state index contributed by atoms with van der Waals surface area (Å²) >= 11 is 5.98. The molecule has 5 nitrogen and oxygen atoms in total. The fourth-order valence-electron chi connectivity index (χ4n) is 2.68. The molecule has 0 aromatic heterocycles. The Bertz CT molecular complexity index is 744. The van der Waals surface area contributed by atoms with Crippen LogP contribution in [-0.2, 0) is 4.74 Å². The molecule has 0 aliphatic carbocycles. The van der Waals surface area contributed by atoms with Gasteiger partial charge in [0, 0.05) is 23.4 Å². The molecule has 1 amide bonds. The zero-order valence-electron chi connectivity index (χ0n) is 14.0. The van der Waals surface area contributed by atoms with E-state index < -0.39 is 0 Å². The third-order valence-corrected chi connectivity index (χ3v) is 4.19. The number of amides is 1. The molecule has 25 heavy (non-hydrogen) atoms. The van der Waals surface area contributed by atoms with Crippen LogP contribution < -0.4 is 14.8 Å². The van der Waals surface area contributed by atoms with Gasteiger partial charge < -0.3 is 19.5 Å². The summed E-state index contributed by atoms with van der Waals surface area (Å²) in [5.74, 6) is 0.856. The van der Waals surface area contributed by atoms with Crippen molar-refractivity contribution in [3.05, 3.63) is 53.1 Å². The number of halogens is 1. The highest BCUT2D eigenvalue weighted by atomic mass is 35.5. The first-order valence-electron chi connectivity index (χ1n) is 8.15. The van der Waals surface area contributed by atoms with Crippen LogP contribution in [0.3, 0.4) is 0 Å². The van der Waals surface area contributed by atoms with E-state index >= 15 is 0 Å². The van der Waals surface area contributed by atoms with Gasteiger partial charge in [0.05, 0.1) is 18.8 Å². The molecule has 1 fully saturated rings. The van der Waals surface area contributed by atoms with Gasteiger partial charge in [-0.3, -0.25) is 4.79 Å². The van der Waals surface area contributed by atoms with Crippen LogP contribution in [0.15, 0.2) is 42.5 Å². The SMILES string of the molecule is COc1ccc(Cl)cc1C(=O)Nc1cccc(OCC2CCCO2)c1. The van der Waals surface area contributed by atoms with Gasteiger partial charge in [-0.25, -0.2) is 0 Å². The Balaban J connectivity index is 1.67. The maximum atomic E-state index is 12.5. The molecule has 132 valence electrons. The molecular weight excluding hydrogens is 342 g/mol. The van der Waals surface area contributed by atoms with Crippen molar-refractivity contribution < 1.29 is 19.0 Å². The van der Waals surface area contributed by atoms with E-state index in [2.05, 4.69) is 5.32 Å². The van der Waals surface area contributed by atoms with Crippen LogP contribution in [0.1, 0.15) is 23.2 Å². The molecular formula is C19H20ClNO4. The number of hydrogen-bond acceptors (Lipinski definition) is 4. The molecule has 0 spiro atoms. The van der Waals surface area contributed by atoms with E-state index in [0.717, 1.165) is 19.4 Å². The minimum absolute atomic E-state index is 0.147. The fourth-order valence-corrected chi connectivity index (χ4v) is 2.86. The van der Waals surface area contributed by atoms with Crippen LogP contribution in [0.4, 0.5) is 5.69 Å². The minimum Gasteiger partial charge on any atom is -0.496 e. The lowest BCUT2D eigenvalue weighted by Gasteiger charge is -2.13. The summed E-state index contributed by atoms with van der Waals surface area (Å²) in [4.78, 5) is 12.5. The second-order valence-corrected chi connectivity index (χ2v) is 6.21. The number of ether oxygens (including phenoxy) is 3. The second-order valence-electron chi connectivity index (χ2n) is 5.77. The summed E-state index contributed by atoms with van der Waals surface area (Å²) < 4.78 is 16.5. The highest BCUT2D eigenvalue weighted by Gasteiger charge is 2.16. The average Bonchev–Trinajstić information content (AvgIpc) is 3.14. The van der Waals surface area contributed by atoms with Gasteiger partial charge >= 0.3 is 0 Å². The van der Waals surface area contributed by atoms with Crippen LogP contribution in [0.25, 0.3) is 0 Å². The largest absolute Gasteiger partial charge is 0.496 e. The number of methoxy groups -OCH3 is 1. The summed E-state index contributed by atoms with van der Waals surface area (Å²) in [6.07, 6.45) is 2.24. The van der Waals surface area contributed by atoms with Crippen LogP contribution in [0.2, 0.25) is 5.02 Å². The normalized spacial score (nSPS) is 16.5. The van der Waals surface area contributed by atoms with Gasteiger partial charge in [0.1, 0.15) is 18.1 Å². The topological polar surface area (TPSA) is 56.8 Å². The van der Waals surface area contributed by atoms with Gasteiger partial charge in [-0.05, 0) is 43.2 Å². The molecule has 1 atom stereocenters. The Morgan fingerprint density at radius 1 is 1.32 bits per heavy atom. The van der Waals surface area contributed by atoms with Gasteiger partial charge in [0.2, 0.25) is 0 Å². The molecule has 0 saturated carbocycles. The Labute approximate surface area is 151 Å². The highest BCUT2D eigenvalue weighted by molar-refractivity contribution is 6.31. The molecule has 3 rings (SSSR count). The maximum absolute atomic E-state index is 12.5. The van der Waals surface area contributed by atoms with E-state index in [1.54, 1.807) is 30.3 Å². The summed E-state index contributed by atoms with van der Waals surface area (Å²) in [6.45, 7) is 1.31. The number of hydrogen-bond donors (Lipinski definition) is 1. The summed E-state index contributed by atoms with van der Waals surface area (Å²) in [5, 5.41) is 3.31. The van der Waals surface area contributed by atoms with Crippen LogP contribution in [0.5, 0.6) is 11.5 Å². The van der Waals surface area contributed by atoms with Crippen molar-refractivity contribution in [2.24, 2.45) is 0 Å². The lowest BCUT2D eigenvalue weighted by atomic mass is 10.2. The number of carbonyl (C=O) groups excluding carboxylic acids is 1. The quantitative estimate of drug-likeness (QED) is 0.839. The molecule has 6 heteroatoms. The number of benzene rings is 2. The molecule has 1 aliphatic rings. The molecule has 1 saturated heterocycles. The zero-order valence-corrected chi connectivity index (χ0v) is 14.7. The summed E-state index contributed by atoms with van der Waals surface area (Å²) in [7, 11) is 1.51. The maximum Gasteiger partial charge on any atom is 0.259 e. The minimum atomic E-state index is -0.296. The van der Waals surface area contributed by atoms with E-state index in [9.17, 15) is 4.79 Å². The average molecular weight is 362 g/mol. The van der Waals surface area contributed by atoms with E-state index in [0.29, 0.717) is 34.4 Å². The van der Waals surface area contributed by atoms with Crippen molar-refractivity contribution in [1.29, 1.82) is 0 Å². The van der Waals surface area contributed by atoms with E-state index in [-0.39, 0.29) is 12.0 Å². The Kier molecular flexibility index (Phi) is 5.79. The van der Waals surface area contributed by atoms with Crippen LogP contribution in [0, 0.1) is 0 Å². The first-order chi connectivity index (χ1) is 12.2. The van der Waals surface area contributed by atoms with E-state index in [1.807, 2.05) is 12.1 Å². The lowest BCUT2D eigenvalue weighted by molar-refractivity contribution is 0.0680. The predicted molar refractivity (Wildman–Crippen MR) is 96.9 cm³/mol. The smallest absolute Gasteiger partial charge is 0.259 e. The lowest BCUT2D eigenvalue weighted by Crippen LogP contribution is -2.16. The standard InChI is InChI=1S/C19H20ClNO4/c1-23-18-8-7-13(20)10-17(18)19(22)21-14-4-2-5-15(11-14)25-12-16-6-3-9-24-16/h2,4-5,7-8,10-11,16H,3,6,9,12H2,1H3,(H,21,22). The first-order valence-corrected chi connectivity index (χ1v) is 8.53. The van der Waals surface area contributed by atoms with Crippen LogP contribution >= 0.6 is 11.6 Å². The molecule has 1 heterocycles. The Morgan fingerprint density at radius 2 is 2.20 bits per heavy atom. The third kappa shape index (κ3) is 4.65. The highest BCUT2D eigenvalue weighted by Crippen LogP contribution is 2.25. The third-order valence-electron chi connectivity index (χ3n) is 3.96. The zero-order chi connectivity index (χ0) is 17.6. The van der Waals surface area contributed by atoms with Gasteiger partial charge in [0.25, 0.3) is 5.91 Å². The fraction of sp³-hybridized carbons (Fsp3) is 0.316. The predicted octanol–water partition coefficient (Wildman–Crippen LogP) is 4.16. The van der Waals surface area contributed by atoms with Crippen molar-refractivity contribution in [3.8, 4) is 11.5 Å². The summed E-state index contributed by atoms with van der Waals surface area (Å²) in [6, 6.07) is 12.2. The van der Waals surface area contributed by atoms with Gasteiger partial charge in [-0.15, -0.1) is 0 Å². The molecule has 0 radical (unpaired) electrons. The van der Waals surface area contributed by atoms with Gasteiger partial charge in [0.15, 0.2) is 0 Å². The molecule has 2 aromatic carbocycles. The monoisotopic (exact) mass is 361 g/mol. The van der Waals surface area contributed by atoms with Crippen molar-refractivity contribution >= 4 is 23.2 Å². The molecule has 1 aliphatic heterocycles. The number of carbonyl (C=O) groups is 1. The number of rotatable bonds is 6. The van der Waals surface area contributed by atoms with E-state index in [4.69, 9.17) is 25.8 Å². The molecule has 1 unspecified atom stereocenters. The summed E-state index contributed by atoms with van der Waals surface area (Å²) in [5.41, 5.74) is 1.01. The Hall–Kier alpha value is -2.24. The van der Waals surface area contributed by atoms with Crippen molar-refractivity contribution in [1.82, 2.24) is 0 Å². The van der Waals surface area contributed by atoms with E-state index in [1.165, 1.54) is 7.11 Å². The van der Waals surface area contributed by atoms with Crippen molar-refractivity contribution in [2.45, 2.75) is 18.9 Å². The van der Waals surface area contributed by atoms with Crippen molar-refractivity contribution in [3.63, 3.8) is 0 Å². The first kappa shape index (κ1) is 17.6. The molecule has 1 N–H and O–H groups in total. The Morgan fingerprint density at radius 3 is 2.96 bits per heavy atom. The molecule has 2 aromatic rings. The van der Waals surface area contributed by atoms with Crippen LogP contribution in [-0.4, -0.2) is 32.3 Å². The molecule has 0 bridgehead atoms.